The first-order valence-corrected chi connectivity index (χ1v) is 6.37. The Morgan fingerprint density at radius 2 is 2.00 bits per heavy atom. The van der Waals surface area contributed by atoms with Crippen molar-refractivity contribution in [1.82, 2.24) is 0 Å². The quantitative estimate of drug-likeness (QED) is 0.819. The Hall–Kier alpha value is -1.67. The van der Waals surface area contributed by atoms with Crippen LogP contribution in [0.1, 0.15) is 11.1 Å². The standard InChI is InChI=1S/C15H17ClN2/c1-11-3-2-4-12(9-11)7-8-18-15-6-5-13(16)10-14(15)17/h2-6,9-10,18H,7-8,17H2,1H3. The molecular formula is C15H17ClN2. The highest BCUT2D eigenvalue weighted by molar-refractivity contribution is 6.31. The van der Waals surface area contributed by atoms with Gasteiger partial charge < -0.3 is 11.1 Å². The number of hydrogen-bond donors (Lipinski definition) is 2. The largest absolute Gasteiger partial charge is 0.397 e. The third-order valence-electron chi connectivity index (χ3n) is 2.83. The highest BCUT2D eigenvalue weighted by atomic mass is 35.5. The SMILES string of the molecule is Cc1cccc(CCNc2ccc(Cl)cc2N)c1. The van der Waals surface area contributed by atoms with Crippen molar-refractivity contribution in [1.29, 1.82) is 0 Å². The predicted octanol–water partition coefficient (Wildman–Crippen LogP) is 3.89. The summed E-state index contributed by atoms with van der Waals surface area (Å²) in [4.78, 5) is 0. The molecule has 0 aliphatic carbocycles. The fourth-order valence-electron chi connectivity index (χ4n) is 1.90. The van der Waals surface area contributed by atoms with Crippen molar-refractivity contribution >= 4 is 23.0 Å². The second kappa shape index (κ2) is 5.78. The van der Waals surface area contributed by atoms with Gasteiger partial charge in [-0.1, -0.05) is 41.4 Å². The number of nitrogens with one attached hydrogen (secondary N) is 1. The van der Waals surface area contributed by atoms with Crippen molar-refractivity contribution in [3.05, 3.63) is 58.6 Å². The first-order valence-electron chi connectivity index (χ1n) is 5.99. The van der Waals surface area contributed by atoms with Crippen LogP contribution in [0.3, 0.4) is 0 Å². The van der Waals surface area contributed by atoms with E-state index >= 15 is 0 Å². The third-order valence-corrected chi connectivity index (χ3v) is 3.06. The molecule has 0 aliphatic rings. The third kappa shape index (κ3) is 3.41. The van der Waals surface area contributed by atoms with Gasteiger partial charge in [0.25, 0.3) is 0 Å². The van der Waals surface area contributed by atoms with E-state index in [1.807, 2.05) is 12.1 Å². The summed E-state index contributed by atoms with van der Waals surface area (Å²) in [5.74, 6) is 0. The normalized spacial score (nSPS) is 10.3. The topological polar surface area (TPSA) is 38.0 Å². The van der Waals surface area contributed by atoms with Crippen LogP contribution in [0.15, 0.2) is 42.5 Å². The van der Waals surface area contributed by atoms with E-state index in [1.54, 1.807) is 6.07 Å². The first kappa shape index (κ1) is 12.8. The molecule has 18 heavy (non-hydrogen) atoms. The average Bonchev–Trinajstić information content (AvgIpc) is 2.32. The Bertz CT molecular complexity index is 538. The Balaban J connectivity index is 1.92. The monoisotopic (exact) mass is 260 g/mol. The second-order valence-electron chi connectivity index (χ2n) is 4.40. The van der Waals surface area contributed by atoms with Gasteiger partial charge in [-0.2, -0.15) is 0 Å². The Kier molecular flexibility index (Phi) is 4.11. The minimum Gasteiger partial charge on any atom is -0.397 e. The molecule has 0 saturated carbocycles. The molecular weight excluding hydrogens is 244 g/mol. The van der Waals surface area contributed by atoms with Crippen molar-refractivity contribution in [2.45, 2.75) is 13.3 Å². The zero-order chi connectivity index (χ0) is 13.0. The van der Waals surface area contributed by atoms with Gasteiger partial charge in [0.15, 0.2) is 0 Å². The van der Waals surface area contributed by atoms with E-state index in [4.69, 9.17) is 17.3 Å². The summed E-state index contributed by atoms with van der Waals surface area (Å²) in [6.45, 7) is 2.96. The fraction of sp³-hybridized carbons (Fsp3) is 0.200. The van der Waals surface area contributed by atoms with Crippen LogP contribution in [0.4, 0.5) is 11.4 Å². The lowest BCUT2D eigenvalue weighted by molar-refractivity contribution is 1.02. The minimum atomic E-state index is 0.664. The van der Waals surface area contributed by atoms with Gasteiger partial charge >= 0.3 is 0 Å². The number of aryl methyl sites for hydroxylation is 1. The molecule has 0 aromatic heterocycles. The molecule has 2 nitrogen and oxygen atoms in total. The summed E-state index contributed by atoms with van der Waals surface area (Å²) in [5, 5.41) is 3.99. The van der Waals surface area contributed by atoms with Gasteiger partial charge in [-0.25, -0.2) is 0 Å². The molecule has 0 radical (unpaired) electrons. The Morgan fingerprint density at radius 1 is 1.17 bits per heavy atom. The highest BCUT2D eigenvalue weighted by Crippen LogP contribution is 2.22. The van der Waals surface area contributed by atoms with Crippen LogP contribution in [0.5, 0.6) is 0 Å². The lowest BCUT2D eigenvalue weighted by Crippen LogP contribution is -2.06. The molecule has 2 aromatic carbocycles. The summed E-state index contributed by atoms with van der Waals surface area (Å²) >= 11 is 5.86. The molecule has 0 heterocycles. The van der Waals surface area contributed by atoms with Crippen LogP contribution in [0.2, 0.25) is 5.02 Å². The molecule has 0 aliphatic heterocycles. The van der Waals surface area contributed by atoms with Gasteiger partial charge in [0, 0.05) is 11.6 Å². The van der Waals surface area contributed by atoms with E-state index in [1.165, 1.54) is 11.1 Å². The van der Waals surface area contributed by atoms with Crippen molar-refractivity contribution < 1.29 is 0 Å². The molecule has 0 unspecified atom stereocenters. The number of rotatable bonds is 4. The molecule has 94 valence electrons. The van der Waals surface area contributed by atoms with Crippen LogP contribution >= 0.6 is 11.6 Å². The van der Waals surface area contributed by atoms with Crippen molar-refractivity contribution in [2.24, 2.45) is 0 Å². The van der Waals surface area contributed by atoms with E-state index in [9.17, 15) is 0 Å². The molecule has 3 heteroatoms. The lowest BCUT2D eigenvalue weighted by Gasteiger charge is -2.09. The van der Waals surface area contributed by atoms with Crippen LogP contribution < -0.4 is 11.1 Å². The number of halogens is 1. The van der Waals surface area contributed by atoms with E-state index in [0.29, 0.717) is 10.7 Å². The summed E-state index contributed by atoms with van der Waals surface area (Å²) in [5.41, 5.74) is 10.1. The number of nitrogens with two attached hydrogens (primary N) is 1. The predicted molar refractivity (Wildman–Crippen MR) is 79.2 cm³/mol. The number of benzene rings is 2. The van der Waals surface area contributed by atoms with Crippen molar-refractivity contribution in [3.8, 4) is 0 Å². The second-order valence-corrected chi connectivity index (χ2v) is 4.83. The van der Waals surface area contributed by atoms with Gasteiger partial charge in [-0.05, 0) is 37.1 Å². The molecule has 3 N–H and O–H groups in total. The number of anilines is 2. The molecule has 0 fully saturated rings. The molecule has 0 saturated heterocycles. The zero-order valence-electron chi connectivity index (χ0n) is 10.4. The minimum absolute atomic E-state index is 0.664. The number of nitrogen functional groups attached to an aromatic ring is 1. The van der Waals surface area contributed by atoms with Crippen LogP contribution in [0, 0.1) is 6.92 Å². The zero-order valence-corrected chi connectivity index (χ0v) is 11.2. The summed E-state index contributed by atoms with van der Waals surface area (Å²) in [7, 11) is 0. The molecule has 0 amide bonds. The lowest BCUT2D eigenvalue weighted by atomic mass is 10.1. The molecule has 0 bridgehead atoms. The summed E-state index contributed by atoms with van der Waals surface area (Å²) in [6, 6.07) is 14.0. The summed E-state index contributed by atoms with van der Waals surface area (Å²) in [6.07, 6.45) is 0.976. The van der Waals surface area contributed by atoms with Crippen molar-refractivity contribution in [3.63, 3.8) is 0 Å². The average molecular weight is 261 g/mol. The van der Waals surface area contributed by atoms with Gasteiger partial charge in [-0.15, -0.1) is 0 Å². The molecule has 2 rings (SSSR count). The van der Waals surface area contributed by atoms with Gasteiger partial charge in [-0.3, -0.25) is 0 Å². The maximum Gasteiger partial charge on any atom is 0.0575 e. The maximum atomic E-state index is 5.88. The van der Waals surface area contributed by atoms with Crippen molar-refractivity contribution in [2.75, 3.05) is 17.6 Å². The van der Waals surface area contributed by atoms with E-state index < -0.39 is 0 Å². The van der Waals surface area contributed by atoms with E-state index in [-0.39, 0.29) is 0 Å². The van der Waals surface area contributed by atoms with Gasteiger partial charge in [0.2, 0.25) is 0 Å². The van der Waals surface area contributed by atoms with E-state index in [0.717, 1.165) is 18.7 Å². The van der Waals surface area contributed by atoms with Gasteiger partial charge in [0.1, 0.15) is 0 Å². The van der Waals surface area contributed by atoms with Crippen LogP contribution in [-0.2, 0) is 6.42 Å². The highest BCUT2D eigenvalue weighted by Gasteiger charge is 1.99. The molecule has 0 atom stereocenters. The number of hydrogen-bond acceptors (Lipinski definition) is 2. The Morgan fingerprint density at radius 3 is 2.72 bits per heavy atom. The fourth-order valence-corrected chi connectivity index (χ4v) is 2.08. The van der Waals surface area contributed by atoms with Gasteiger partial charge in [0.05, 0.1) is 11.4 Å². The van der Waals surface area contributed by atoms with Crippen LogP contribution in [-0.4, -0.2) is 6.54 Å². The molecule has 2 aromatic rings. The maximum absolute atomic E-state index is 5.88. The summed E-state index contributed by atoms with van der Waals surface area (Å²) < 4.78 is 0. The smallest absolute Gasteiger partial charge is 0.0575 e. The first-order chi connectivity index (χ1) is 8.65. The van der Waals surface area contributed by atoms with Crippen LogP contribution in [0.25, 0.3) is 0 Å². The molecule has 0 spiro atoms. The Labute approximate surface area is 113 Å². The van der Waals surface area contributed by atoms with E-state index in [2.05, 4.69) is 36.5 Å².